The number of hydrogen-bond donors (Lipinski definition) is 0. The van der Waals surface area contributed by atoms with E-state index in [1.54, 1.807) is 36.5 Å². The third kappa shape index (κ3) is 5.60. The monoisotopic (exact) mass is 834 g/mol. The van der Waals surface area contributed by atoms with Crippen molar-refractivity contribution in [3.63, 3.8) is 0 Å². The van der Waals surface area contributed by atoms with Crippen molar-refractivity contribution in [1.29, 1.82) is 10.5 Å². The number of hydrogen-bond acceptors (Lipinski definition) is 10. The highest BCUT2D eigenvalue weighted by atomic mass is 32.1. The Bertz CT molecular complexity index is 2550. The van der Waals surface area contributed by atoms with Crippen molar-refractivity contribution in [1.82, 2.24) is 9.80 Å². The molecule has 2 aromatic rings. The fourth-order valence-corrected chi connectivity index (χ4v) is 12.9. The van der Waals surface area contributed by atoms with Gasteiger partial charge in [0.1, 0.15) is 46.0 Å². The molecule has 2 aromatic heterocycles. The van der Waals surface area contributed by atoms with Gasteiger partial charge in [-0.15, -0.1) is 22.7 Å². The number of carbonyl (C=O) groups is 4. The summed E-state index contributed by atoms with van der Waals surface area (Å²) in [7, 11) is 2.83. The first-order chi connectivity index (χ1) is 28.9. The van der Waals surface area contributed by atoms with Gasteiger partial charge in [-0.3, -0.25) is 29.0 Å². The molecule has 2 atom stereocenters. The van der Waals surface area contributed by atoms with Gasteiger partial charge in [0.05, 0.1) is 0 Å². The first-order valence-electron chi connectivity index (χ1n) is 20.7. The zero-order valence-electron chi connectivity index (χ0n) is 33.9. The number of nitriles is 2. The van der Waals surface area contributed by atoms with Gasteiger partial charge in [0.2, 0.25) is 0 Å². The number of thiophene rings is 2. The molecule has 2 fully saturated rings. The summed E-state index contributed by atoms with van der Waals surface area (Å²) < 4.78 is 14.4. The second-order valence-corrected chi connectivity index (χ2v) is 19.3. The number of amides is 4. The molecule has 4 aliphatic carbocycles. The molecule has 0 bridgehead atoms. The van der Waals surface area contributed by atoms with E-state index < -0.39 is 34.8 Å². The topological polar surface area (TPSA) is 141 Å². The first-order valence-corrected chi connectivity index (χ1v) is 22.4. The second kappa shape index (κ2) is 13.9. The molecule has 2 spiro atoms. The molecular formula is C48H42N4O6S2. The molecule has 6 heterocycles. The molecule has 0 N–H and O–H groups in total. The van der Waals surface area contributed by atoms with Gasteiger partial charge in [-0.05, 0) is 113 Å². The Morgan fingerprint density at radius 1 is 0.617 bits per heavy atom. The largest absolute Gasteiger partial charge is 0.482 e. The summed E-state index contributed by atoms with van der Waals surface area (Å²) in [6.45, 7) is 3.33. The number of rotatable bonds is 2. The van der Waals surface area contributed by atoms with Crippen LogP contribution in [0.4, 0.5) is 0 Å². The van der Waals surface area contributed by atoms with Gasteiger partial charge in [0.15, 0.2) is 0 Å². The van der Waals surface area contributed by atoms with E-state index in [-0.39, 0.29) is 23.0 Å². The number of likely N-dealkylation sites (N-methyl/N-ethyl adjacent to an activating group) is 2. The highest BCUT2D eigenvalue weighted by Gasteiger charge is 2.49. The third-order valence-corrected chi connectivity index (χ3v) is 16.0. The fraction of sp³-hybridized carbons (Fsp3) is 0.375. The van der Waals surface area contributed by atoms with E-state index in [1.165, 1.54) is 14.1 Å². The summed E-state index contributed by atoms with van der Waals surface area (Å²) in [4.78, 5) is 58.2. The van der Waals surface area contributed by atoms with E-state index in [0.717, 1.165) is 127 Å². The zero-order valence-corrected chi connectivity index (χ0v) is 35.5. The summed E-state index contributed by atoms with van der Waals surface area (Å²) in [5, 5.41) is 19.5. The molecule has 2 saturated carbocycles. The highest BCUT2D eigenvalue weighted by molar-refractivity contribution is 7.14. The number of carbonyl (C=O) groups excluding carboxylic acids is 4. The van der Waals surface area contributed by atoms with Crippen molar-refractivity contribution in [3.05, 3.63) is 112 Å². The lowest BCUT2D eigenvalue weighted by atomic mass is 9.72. The molecule has 10 rings (SSSR count). The SMILES string of the molecule is CC1=C(C#N)C(=O)N(C)C(=O)/C1=C\c1cc2c(s1)C1=CC3C=C4OC5(CCCCC5)c5cc(/C=C6/C(=O)N(C)C(=O)C(C#N)=C6C)sc5C4=CC3C=C1OC21CCCCC1. The lowest BCUT2D eigenvalue weighted by Crippen LogP contribution is -2.39. The molecule has 4 amide bonds. The molecular weight excluding hydrogens is 793 g/mol. The molecule has 0 saturated heterocycles. The molecule has 0 radical (unpaired) electrons. The summed E-state index contributed by atoms with van der Waals surface area (Å²) in [5.74, 6) is -0.272. The normalized spacial score (nSPS) is 26.6. The van der Waals surface area contributed by atoms with Crippen LogP contribution < -0.4 is 0 Å². The van der Waals surface area contributed by atoms with Crippen LogP contribution in [0.1, 0.15) is 109 Å². The zero-order chi connectivity index (χ0) is 41.8. The van der Waals surface area contributed by atoms with E-state index in [0.29, 0.717) is 22.3 Å². The van der Waals surface area contributed by atoms with E-state index in [4.69, 9.17) is 9.47 Å². The summed E-state index contributed by atoms with van der Waals surface area (Å²) in [6.07, 6.45) is 22.8. The Morgan fingerprint density at radius 3 is 1.37 bits per heavy atom. The van der Waals surface area contributed by atoms with Gasteiger partial charge in [0.25, 0.3) is 23.6 Å². The van der Waals surface area contributed by atoms with Crippen LogP contribution in [0, 0.1) is 34.5 Å². The minimum Gasteiger partial charge on any atom is -0.482 e. The van der Waals surface area contributed by atoms with Crippen molar-refractivity contribution in [3.8, 4) is 12.1 Å². The number of fused-ring (bicyclic) bond motifs is 9. The van der Waals surface area contributed by atoms with Crippen molar-refractivity contribution in [2.24, 2.45) is 11.8 Å². The third-order valence-electron chi connectivity index (χ3n) is 13.7. The van der Waals surface area contributed by atoms with Crippen LogP contribution in [0.25, 0.3) is 23.3 Å². The number of ether oxygens (including phenoxy) is 2. The minimum atomic E-state index is -0.581. The van der Waals surface area contributed by atoms with Crippen LogP contribution in [0.3, 0.4) is 0 Å². The van der Waals surface area contributed by atoms with Crippen LogP contribution in [0.15, 0.2) is 81.4 Å². The van der Waals surface area contributed by atoms with Gasteiger partial charge in [-0.1, -0.05) is 25.0 Å². The van der Waals surface area contributed by atoms with Gasteiger partial charge in [-0.2, -0.15) is 10.5 Å². The lowest BCUT2D eigenvalue weighted by Gasteiger charge is -2.46. The average molecular weight is 835 g/mol. The highest BCUT2D eigenvalue weighted by Crippen LogP contribution is 2.59. The first kappa shape index (κ1) is 38.4. The lowest BCUT2D eigenvalue weighted by molar-refractivity contribution is -0.140. The van der Waals surface area contributed by atoms with Gasteiger partial charge in [0, 0.05) is 78.9 Å². The quantitative estimate of drug-likeness (QED) is 0.216. The Morgan fingerprint density at radius 2 is 1.00 bits per heavy atom. The molecule has 0 aromatic carbocycles. The molecule has 4 aliphatic heterocycles. The van der Waals surface area contributed by atoms with Crippen LogP contribution in [-0.4, -0.2) is 47.5 Å². The molecule has 302 valence electrons. The summed E-state index contributed by atoms with van der Waals surface area (Å²) >= 11 is 3.24. The Kier molecular flexibility index (Phi) is 8.87. The van der Waals surface area contributed by atoms with E-state index in [2.05, 4.69) is 36.4 Å². The Balaban J connectivity index is 1.07. The molecule has 8 aliphatic rings. The number of imide groups is 2. The molecule has 2 unspecified atom stereocenters. The second-order valence-electron chi connectivity index (χ2n) is 17.2. The molecule has 10 nitrogen and oxygen atoms in total. The molecule has 12 heteroatoms. The Hall–Kier alpha value is -5.82. The van der Waals surface area contributed by atoms with Crippen LogP contribution in [0.2, 0.25) is 0 Å². The minimum absolute atomic E-state index is 0.0000690. The predicted octanol–water partition coefficient (Wildman–Crippen LogP) is 9.13. The van der Waals surface area contributed by atoms with Crippen LogP contribution in [-0.2, 0) is 39.9 Å². The van der Waals surface area contributed by atoms with Gasteiger partial charge in [-0.25, -0.2) is 0 Å². The fourth-order valence-electron chi connectivity index (χ4n) is 10.4. The summed E-state index contributed by atoms with van der Waals surface area (Å²) in [6, 6.07) is 8.32. The van der Waals surface area contributed by atoms with Gasteiger partial charge < -0.3 is 9.47 Å². The number of nitrogens with zero attached hydrogens (tertiary/aromatic N) is 4. The van der Waals surface area contributed by atoms with Crippen molar-refractivity contribution in [2.45, 2.75) is 89.3 Å². The Labute approximate surface area is 356 Å². The maximum Gasteiger partial charge on any atom is 0.271 e. The summed E-state index contributed by atoms with van der Waals surface area (Å²) in [5.41, 5.74) is 4.79. The van der Waals surface area contributed by atoms with Crippen molar-refractivity contribution < 1.29 is 28.7 Å². The average Bonchev–Trinajstić information content (AvgIpc) is 3.89. The van der Waals surface area contributed by atoms with Crippen LogP contribution >= 0.6 is 22.7 Å². The maximum atomic E-state index is 13.4. The molecule has 60 heavy (non-hydrogen) atoms. The number of allylic oxidation sites excluding steroid dienone is 6. The maximum absolute atomic E-state index is 13.4. The van der Waals surface area contributed by atoms with E-state index in [1.807, 2.05) is 24.3 Å². The smallest absolute Gasteiger partial charge is 0.271 e. The van der Waals surface area contributed by atoms with Crippen LogP contribution in [0.5, 0.6) is 0 Å². The van der Waals surface area contributed by atoms with E-state index >= 15 is 0 Å². The van der Waals surface area contributed by atoms with E-state index in [9.17, 15) is 29.7 Å². The van der Waals surface area contributed by atoms with Crippen molar-refractivity contribution >= 4 is 69.6 Å². The standard InChI is InChI=1S/C48H42N4O6S2/c1-25-31(43(53)51(3)45(55)35(25)23-49)19-29-21-37-41(59-29)33-15-27-18-40-34(16-28(27)17-39(33)57-47(37)11-7-5-8-12-47)42-38(48(58-40)13-9-6-10-14-48)22-30(60-42)20-32-26(2)36(24-50)46(56)52(4)44(32)54/h15-22,27-28H,5-14H2,1-4H3/b31-19-,32-20+. The predicted molar refractivity (Wildman–Crippen MR) is 228 cm³/mol. The van der Waals surface area contributed by atoms with Crippen molar-refractivity contribution in [2.75, 3.05) is 14.1 Å². The van der Waals surface area contributed by atoms with Gasteiger partial charge >= 0.3 is 0 Å².